The van der Waals surface area contributed by atoms with E-state index in [4.69, 9.17) is 9.47 Å². The summed E-state index contributed by atoms with van der Waals surface area (Å²) >= 11 is 0. The molecule has 1 fully saturated rings. The second-order valence-corrected chi connectivity index (χ2v) is 5.92. The van der Waals surface area contributed by atoms with Crippen molar-refractivity contribution in [2.75, 3.05) is 45.9 Å². The van der Waals surface area contributed by atoms with Gasteiger partial charge in [0.05, 0.1) is 19.3 Å². The molecular formula is C17H26N2O2. The molecule has 0 spiro atoms. The van der Waals surface area contributed by atoms with E-state index in [1.165, 1.54) is 5.56 Å². The Morgan fingerprint density at radius 3 is 3.05 bits per heavy atom. The fourth-order valence-electron chi connectivity index (χ4n) is 3.24. The van der Waals surface area contributed by atoms with Crippen LogP contribution in [-0.2, 0) is 4.74 Å². The van der Waals surface area contributed by atoms with Crippen molar-refractivity contribution in [2.45, 2.75) is 25.4 Å². The van der Waals surface area contributed by atoms with E-state index in [9.17, 15) is 0 Å². The predicted octanol–water partition coefficient (Wildman–Crippen LogP) is 1.86. The van der Waals surface area contributed by atoms with E-state index in [0.29, 0.717) is 12.0 Å². The number of morpholine rings is 1. The molecule has 0 saturated carbocycles. The molecular weight excluding hydrogens is 264 g/mol. The molecule has 2 atom stereocenters. The van der Waals surface area contributed by atoms with Crippen LogP contribution < -0.4 is 10.1 Å². The maximum atomic E-state index is 5.84. The van der Waals surface area contributed by atoms with E-state index in [2.05, 4.69) is 35.3 Å². The standard InChI is InChI=1S/C17H26N2O2/c1-2-19-8-10-20-15(13-19)12-18-11-14-7-9-21-17-6-4-3-5-16(14)17/h3-6,14-15,18H,2,7-13H2,1H3. The second kappa shape index (κ2) is 7.25. The van der Waals surface area contributed by atoms with Gasteiger partial charge >= 0.3 is 0 Å². The molecule has 1 saturated heterocycles. The molecule has 0 aromatic heterocycles. The molecule has 0 aliphatic carbocycles. The molecule has 4 nitrogen and oxygen atoms in total. The van der Waals surface area contributed by atoms with E-state index in [1.807, 2.05) is 6.07 Å². The summed E-state index contributed by atoms with van der Waals surface area (Å²) in [5.41, 5.74) is 1.34. The summed E-state index contributed by atoms with van der Waals surface area (Å²) in [6, 6.07) is 8.41. The maximum absolute atomic E-state index is 5.84. The Balaban J connectivity index is 1.48. The number of benzene rings is 1. The lowest BCUT2D eigenvalue weighted by Gasteiger charge is -2.33. The van der Waals surface area contributed by atoms with E-state index in [0.717, 1.165) is 58.1 Å². The first-order chi connectivity index (χ1) is 10.4. The number of nitrogens with one attached hydrogen (secondary N) is 1. The molecule has 2 aliphatic rings. The van der Waals surface area contributed by atoms with Gasteiger partial charge in [0.25, 0.3) is 0 Å². The lowest BCUT2D eigenvalue weighted by molar-refractivity contribution is -0.0253. The number of fused-ring (bicyclic) bond motifs is 1. The van der Waals surface area contributed by atoms with E-state index in [1.54, 1.807) is 0 Å². The fraction of sp³-hybridized carbons (Fsp3) is 0.647. The Labute approximate surface area is 127 Å². The number of hydrogen-bond donors (Lipinski definition) is 1. The number of ether oxygens (including phenoxy) is 2. The summed E-state index contributed by atoms with van der Waals surface area (Å²) in [6.45, 7) is 9.09. The molecule has 4 heteroatoms. The van der Waals surface area contributed by atoms with Crippen LogP contribution in [0.15, 0.2) is 24.3 Å². The van der Waals surface area contributed by atoms with Gasteiger partial charge in [-0.3, -0.25) is 4.90 Å². The van der Waals surface area contributed by atoms with E-state index in [-0.39, 0.29) is 0 Å². The third kappa shape index (κ3) is 3.76. The number of hydrogen-bond acceptors (Lipinski definition) is 4. The number of rotatable bonds is 5. The van der Waals surface area contributed by atoms with Crippen molar-refractivity contribution in [3.8, 4) is 5.75 Å². The summed E-state index contributed by atoms with van der Waals surface area (Å²) in [5.74, 6) is 1.61. The van der Waals surface area contributed by atoms with E-state index >= 15 is 0 Å². The van der Waals surface area contributed by atoms with Crippen molar-refractivity contribution in [3.05, 3.63) is 29.8 Å². The highest BCUT2D eigenvalue weighted by Crippen LogP contribution is 2.32. The molecule has 1 N–H and O–H groups in total. The first-order valence-corrected chi connectivity index (χ1v) is 8.13. The third-order valence-electron chi connectivity index (χ3n) is 4.52. The van der Waals surface area contributed by atoms with Crippen molar-refractivity contribution in [1.29, 1.82) is 0 Å². The lowest BCUT2D eigenvalue weighted by atomic mass is 9.93. The van der Waals surface area contributed by atoms with Crippen LogP contribution in [0, 0.1) is 0 Å². The Kier molecular flexibility index (Phi) is 5.12. The maximum Gasteiger partial charge on any atom is 0.122 e. The quantitative estimate of drug-likeness (QED) is 0.897. The Hall–Kier alpha value is -1.10. The Bertz CT molecular complexity index is 452. The molecule has 2 unspecified atom stereocenters. The molecule has 2 heterocycles. The minimum Gasteiger partial charge on any atom is -0.493 e. The minimum atomic E-state index is 0.328. The highest BCUT2D eigenvalue weighted by atomic mass is 16.5. The smallest absolute Gasteiger partial charge is 0.122 e. The van der Waals surface area contributed by atoms with Crippen LogP contribution in [0.4, 0.5) is 0 Å². The van der Waals surface area contributed by atoms with Crippen molar-refractivity contribution in [2.24, 2.45) is 0 Å². The first-order valence-electron chi connectivity index (χ1n) is 8.13. The molecule has 2 aliphatic heterocycles. The number of likely N-dealkylation sites (N-methyl/N-ethyl adjacent to an activating group) is 1. The van der Waals surface area contributed by atoms with Gasteiger partial charge in [-0.05, 0) is 24.6 Å². The third-order valence-corrected chi connectivity index (χ3v) is 4.52. The van der Waals surface area contributed by atoms with Crippen LogP contribution in [0.25, 0.3) is 0 Å². The van der Waals surface area contributed by atoms with Crippen molar-refractivity contribution < 1.29 is 9.47 Å². The van der Waals surface area contributed by atoms with E-state index < -0.39 is 0 Å². The van der Waals surface area contributed by atoms with Gasteiger partial charge in [-0.1, -0.05) is 25.1 Å². The molecule has 1 aromatic rings. The number of para-hydroxylation sites is 1. The zero-order valence-electron chi connectivity index (χ0n) is 12.9. The van der Waals surface area contributed by atoms with Crippen LogP contribution in [0.3, 0.4) is 0 Å². The van der Waals surface area contributed by atoms with Crippen LogP contribution in [0.1, 0.15) is 24.8 Å². The molecule has 1 aromatic carbocycles. The first kappa shape index (κ1) is 14.8. The SMILES string of the molecule is CCN1CCOC(CNCC2CCOc3ccccc32)C1. The van der Waals surface area contributed by atoms with Gasteiger partial charge in [0.2, 0.25) is 0 Å². The molecule has 3 rings (SSSR count). The van der Waals surface area contributed by atoms with Gasteiger partial charge in [-0.2, -0.15) is 0 Å². The minimum absolute atomic E-state index is 0.328. The lowest BCUT2D eigenvalue weighted by Crippen LogP contribution is -2.47. The zero-order valence-corrected chi connectivity index (χ0v) is 12.9. The topological polar surface area (TPSA) is 33.7 Å². The molecule has 0 amide bonds. The summed E-state index contributed by atoms with van der Waals surface area (Å²) < 4.78 is 11.6. The highest BCUT2D eigenvalue weighted by Gasteiger charge is 2.22. The van der Waals surface area contributed by atoms with Crippen molar-refractivity contribution in [3.63, 3.8) is 0 Å². The van der Waals surface area contributed by atoms with Gasteiger partial charge in [-0.15, -0.1) is 0 Å². The molecule has 0 bridgehead atoms. The van der Waals surface area contributed by atoms with Crippen molar-refractivity contribution in [1.82, 2.24) is 10.2 Å². The average Bonchev–Trinajstić information content (AvgIpc) is 2.55. The Morgan fingerprint density at radius 2 is 2.14 bits per heavy atom. The average molecular weight is 290 g/mol. The fourth-order valence-corrected chi connectivity index (χ4v) is 3.24. The van der Waals surface area contributed by atoms with Gasteiger partial charge in [0.1, 0.15) is 5.75 Å². The predicted molar refractivity (Wildman–Crippen MR) is 84.0 cm³/mol. The van der Waals surface area contributed by atoms with Crippen molar-refractivity contribution >= 4 is 0 Å². The molecule has 21 heavy (non-hydrogen) atoms. The Morgan fingerprint density at radius 1 is 1.24 bits per heavy atom. The van der Waals surface area contributed by atoms with Crippen LogP contribution in [0.2, 0.25) is 0 Å². The molecule has 0 radical (unpaired) electrons. The second-order valence-electron chi connectivity index (χ2n) is 5.92. The monoisotopic (exact) mass is 290 g/mol. The van der Waals surface area contributed by atoms with Gasteiger partial charge < -0.3 is 14.8 Å². The van der Waals surface area contributed by atoms with Gasteiger partial charge in [0.15, 0.2) is 0 Å². The summed E-state index contributed by atoms with van der Waals surface area (Å²) in [7, 11) is 0. The van der Waals surface area contributed by atoms with Gasteiger partial charge in [0, 0.05) is 32.1 Å². The number of nitrogens with zero attached hydrogens (tertiary/aromatic N) is 1. The highest BCUT2D eigenvalue weighted by molar-refractivity contribution is 5.37. The van der Waals surface area contributed by atoms with Crippen LogP contribution in [-0.4, -0.2) is 56.9 Å². The summed E-state index contributed by atoms with van der Waals surface area (Å²) in [6.07, 6.45) is 1.42. The normalized spacial score (nSPS) is 26.1. The van der Waals surface area contributed by atoms with Crippen LogP contribution >= 0.6 is 0 Å². The summed E-state index contributed by atoms with van der Waals surface area (Å²) in [4.78, 5) is 2.46. The van der Waals surface area contributed by atoms with Crippen LogP contribution in [0.5, 0.6) is 5.75 Å². The molecule has 116 valence electrons. The zero-order chi connectivity index (χ0) is 14.5. The largest absolute Gasteiger partial charge is 0.493 e. The van der Waals surface area contributed by atoms with Gasteiger partial charge in [-0.25, -0.2) is 0 Å². The summed E-state index contributed by atoms with van der Waals surface area (Å²) in [5, 5.41) is 3.60.